The van der Waals surface area contributed by atoms with Gasteiger partial charge in [0.2, 0.25) is 0 Å². The number of alkyl carbamates (subject to hydrolysis) is 1. The highest BCUT2D eigenvalue weighted by atomic mass is 32.2. The first kappa shape index (κ1) is 14.2. The molecule has 4 nitrogen and oxygen atoms in total. The van der Waals surface area contributed by atoms with Crippen molar-refractivity contribution in [1.82, 2.24) is 5.32 Å². The Morgan fingerprint density at radius 2 is 2.29 bits per heavy atom. The van der Waals surface area contributed by atoms with E-state index in [1.807, 2.05) is 32.5 Å². The van der Waals surface area contributed by atoms with E-state index in [1.54, 1.807) is 0 Å². The minimum absolute atomic E-state index is 0.0451. The number of hydrogen-bond acceptors (Lipinski definition) is 4. The van der Waals surface area contributed by atoms with E-state index in [2.05, 4.69) is 11.4 Å². The number of hydrogen-bond donors (Lipinski definition) is 1. The number of rotatable bonds is 2. The topological polar surface area (TPSA) is 62.1 Å². The van der Waals surface area contributed by atoms with Crippen molar-refractivity contribution in [2.45, 2.75) is 32.8 Å². The molecule has 0 aromatic heterocycles. The molecule has 1 saturated heterocycles. The van der Waals surface area contributed by atoms with Gasteiger partial charge in [0.15, 0.2) is 0 Å². The first-order valence-corrected chi connectivity index (χ1v) is 7.02. The van der Waals surface area contributed by atoms with E-state index in [0.29, 0.717) is 6.54 Å². The van der Waals surface area contributed by atoms with Gasteiger partial charge >= 0.3 is 6.09 Å². The quantitative estimate of drug-likeness (QED) is 0.824. The number of nitrogens with zero attached hydrogens (tertiary/aromatic N) is 1. The molecule has 17 heavy (non-hydrogen) atoms. The molecule has 0 aliphatic carbocycles. The maximum absolute atomic E-state index is 11.5. The summed E-state index contributed by atoms with van der Waals surface area (Å²) in [7, 11) is 0. The fourth-order valence-electron chi connectivity index (χ4n) is 1.70. The molecule has 1 heterocycles. The van der Waals surface area contributed by atoms with Gasteiger partial charge in [-0.2, -0.15) is 17.0 Å². The summed E-state index contributed by atoms with van der Waals surface area (Å²) in [5.74, 6) is 2.24. The number of nitrogens with one attached hydrogen (secondary N) is 1. The third kappa shape index (κ3) is 5.31. The fraction of sp³-hybridized carbons (Fsp3) is 0.833. The summed E-state index contributed by atoms with van der Waals surface area (Å²) in [5, 5.41) is 11.8. The van der Waals surface area contributed by atoms with Crippen molar-refractivity contribution < 1.29 is 9.53 Å². The van der Waals surface area contributed by atoms with Crippen LogP contribution in [0.4, 0.5) is 4.79 Å². The fourth-order valence-corrected chi connectivity index (χ4v) is 2.93. The zero-order valence-corrected chi connectivity index (χ0v) is 11.5. The molecular weight excluding hydrogens is 236 g/mol. The molecular formula is C12H20N2O2S. The Hall–Kier alpha value is -0.890. The number of carbonyl (C=O) groups is 1. The Kier molecular flexibility index (Phi) is 5.13. The van der Waals surface area contributed by atoms with Crippen molar-refractivity contribution in [3.05, 3.63) is 0 Å². The van der Waals surface area contributed by atoms with Crippen molar-refractivity contribution in [3.63, 3.8) is 0 Å². The van der Waals surface area contributed by atoms with Gasteiger partial charge in [0, 0.05) is 12.3 Å². The van der Waals surface area contributed by atoms with Crippen molar-refractivity contribution in [2.24, 2.45) is 11.8 Å². The molecule has 0 aromatic rings. The zero-order chi connectivity index (χ0) is 12.9. The Morgan fingerprint density at radius 1 is 1.59 bits per heavy atom. The normalized spacial score (nSPS) is 24.8. The van der Waals surface area contributed by atoms with E-state index < -0.39 is 11.7 Å². The smallest absolute Gasteiger partial charge is 0.407 e. The highest BCUT2D eigenvalue weighted by Gasteiger charge is 2.26. The number of nitriles is 1. The van der Waals surface area contributed by atoms with Crippen LogP contribution in [0.3, 0.4) is 0 Å². The van der Waals surface area contributed by atoms with Crippen LogP contribution in [0.15, 0.2) is 0 Å². The molecule has 2 atom stereocenters. The predicted molar refractivity (Wildman–Crippen MR) is 68.8 cm³/mol. The Bertz CT molecular complexity index is 307. The molecule has 0 unspecified atom stereocenters. The monoisotopic (exact) mass is 256 g/mol. The van der Waals surface area contributed by atoms with Gasteiger partial charge in [-0.25, -0.2) is 4.79 Å². The van der Waals surface area contributed by atoms with Gasteiger partial charge in [0.25, 0.3) is 0 Å². The molecule has 1 rings (SSSR count). The maximum Gasteiger partial charge on any atom is 0.407 e. The van der Waals surface area contributed by atoms with Gasteiger partial charge in [0.05, 0.1) is 12.0 Å². The molecule has 0 bridgehead atoms. The molecule has 1 amide bonds. The van der Waals surface area contributed by atoms with Crippen LogP contribution in [0.2, 0.25) is 0 Å². The molecule has 1 aliphatic rings. The average molecular weight is 256 g/mol. The standard InChI is InChI=1S/C12H20N2O2S/c1-12(2,3)16-11(15)14-7-9-4-5-17-8-10(9)6-13/h9-10H,4-5,7-8H2,1-3H3,(H,14,15)/t9-,10-/m0/s1. The number of ether oxygens (including phenoxy) is 1. The van der Waals surface area contributed by atoms with Crippen molar-refractivity contribution >= 4 is 17.9 Å². The van der Waals surface area contributed by atoms with Crippen LogP contribution in [0.5, 0.6) is 0 Å². The van der Waals surface area contributed by atoms with Crippen LogP contribution in [0.25, 0.3) is 0 Å². The lowest BCUT2D eigenvalue weighted by Crippen LogP contribution is -2.38. The lowest BCUT2D eigenvalue weighted by atomic mass is 9.92. The largest absolute Gasteiger partial charge is 0.444 e. The number of carbonyl (C=O) groups excluding carboxylic acids is 1. The Labute approximate surface area is 107 Å². The molecule has 5 heteroatoms. The number of amides is 1. The summed E-state index contributed by atoms with van der Waals surface area (Å²) < 4.78 is 5.16. The third-order valence-electron chi connectivity index (χ3n) is 2.57. The molecule has 1 N–H and O–H groups in total. The van der Waals surface area contributed by atoms with Crippen LogP contribution >= 0.6 is 11.8 Å². The summed E-state index contributed by atoms with van der Waals surface area (Å²) in [6, 6.07) is 2.31. The highest BCUT2D eigenvalue weighted by molar-refractivity contribution is 7.99. The van der Waals surface area contributed by atoms with Gasteiger partial charge in [-0.3, -0.25) is 0 Å². The second-order valence-electron chi connectivity index (χ2n) is 5.24. The molecule has 1 aliphatic heterocycles. The minimum Gasteiger partial charge on any atom is -0.444 e. The summed E-state index contributed by atoms with van der Waals surface area (Å²) in [4.78, 5) is 11.5. The molecule has 1 fully saturated rings. The molecule has 0 spiro atoms. The second-order valence-corrected chi connectivity index (χ2v) is 6.39. The van der Waals surface area contributed by atoms with E-state index in [4.69, 9.17) is 10.00 Å². The van der Waals surface area contributed by atoms with Gasteiger partial charge in [-0.15, -0.1) is 0 Å². The van der Waals surface area contributed by atoms with Gasteiger partial charge in [-0.1, -0.05) is 0 Å². The Balaban J connectivity index is 2.34. The van der Waals surface area contributed by atoms with Gasteiger partial charge < -0.3 is 10.1 Å². The van der Waals surface area contributed by atoms with Crippen LogP contribution < -0.4 is 5.32 Å². The van der Waals surface area contributed by atoms with E-state index in [0.717, 1.165) is 17.9 Å². The molecule has 96 valence electrons. The highest BCUT2D eigenvalue weighted by Crippen LogP contribution is 2.27. The first-order valence-electron chi connectivity index (χ1n) is 5.86. The summed E-state index contributed by atoms with van der Waals surface area (Å²) in [6.45, 7) is 6.04. The van der Waals surface area contributed by atoms with Gasteiger partial charge in [-0.05, 0) is 38.9 Å². The molecule has 0 saturated carbocycles. The zero-order valence-electron chi connectivity index (χ0n) is 10.7. The van der Waals surface area contributed by atoms with Gasteiger partial charge in [0.1, 0.15) is 5.60 Å². The molecule has 0 aromatic carbocycles. The van der Waals surface area contributed by atoms with E-state index in [9.17, 15) is 4.79 Å². The first-order chi connectivity index (χ1) is 7.92. The van der Waals surface area contributed by atoms with Crippen molar-refractivity contribution in [2.75, 3.05) is 18.1 Å². The average Bonchev–Trinajstić information content (AvgIpc) is 2.24. The summed E-state index contributed by atoms with van der Waals surface area (Å²) in [6.07, 6.45) is 0.589. The van der Waals surface area contributed by atoms with E-state index in [1.165, 1.54) is 0 Å². The minimum atomic E-state index is -0.471. The lowest BCUT2D eigenvalue weighted by Gasteiger charge is -2.27. The number of thioether (sulfide) groups is 1. The predicted octanol–water partition coefficient (Wildman–Crippen LogP) is 2.40. The van der Waals surface area contributed by atoms with Crippen LogP contribution in [0.1, 0.15) is 27.2 Å². The lowest BCUT2D eigenvalue weighted by molar-refractivity contribution is 0.0516. The third-order valence-corrected chi connectivity index (χ3v) is 3.69. The second kappa shape index (κ2) is 6.15. The summed E-state index contributed by atoms with van der Waals surface area (Å²) in [5.41, 5.74) is -0.471. The Morgan fingerprint density at radius 3 is 2.88 bits per heavy atom. The van der Waals surface area contributed by atoms with E-state index >= 15 is 0 Å². The van der Waals surface area contributed by atoms with Crippen molar-refractivity contribution in [1.29, 1.82) is 5.26 Å². The summed E-state index contributed by atoms with van der Waals surface area (Å²) >= 11 is 1.81. The van der Waals surface area contributed by atoms with Crippen LogP contribution in [-0.2, 0) is 4.74 Å². The molecule has 0 radical (unpaired) electrons. The van der Waals surface area contributed by atoms with Crippen molar-refractivity contribution in [3.8, 4) is 6.07 Å². The van der Waals surface area contributed by atoms with Crippen LogP contribution in [0, 0.1) is 23.2 Å². The maximum atomic E-state index is 11.5. The SMILES string of the molecule is CC(C)(C)OC(=O)NC[C@@H]1CCSC[C@@H]1C#N. The van der Waals surface area contributed by atoms with Crippen LogP contribution in [-0.4, -0.2) is 29.7 Å². The van der Waals surface area contributed by atoms with E-state index in [-0.39, 0.29) is 11.8 Å².